The van der Waals surface area contributed by atoms with Crippen molar-refractivity contribution in [2.75, 3.05) is 37.0 Å². The lowest BCUT2D eigenvalue weighted by Crippen LogP contribution is -2.45. The van der Waals surface area contributed by atoms with E-state index in [0.717, 1.165) is 5.56 Å². The van der Waals surface area contributed by atoms with Crippen LogP contribution in [0.3, 0.4) is 0 Å². The van der Waals surface area contributed by atoms with Crippen molar-refractivity contribution in [1.82, 2.24) is 4.90 Å². The van der Waals surface area contributed by atoms with E-state index in [9.17, 15) is 18.0 Å². The first-order valence-corrected chi connectivity index (χ1v) is 11.8. The minimum atomic E-state index is -3.81. The Morgan fingerprint density at radius 3 is 2.47 bits per heavy atom. The Balaban J connectivity index is 1.65. The number of likely N-dealkylation sites (N-methyl/N-ethyl adjacent to an activating group) is 1. The van der Waals surface area contributed by atoms with E-state index in [0.29, 0.717) is 30.1 Å². The Morgan fingerprint density at radius 1 is 1.19 bits per heavy atom. The summed E-state index contributed by atoms with van der Waals surface area (Å²) in [6, 6.07) is 11.4. The molecule has 2 amide bonds. The Labute approximate surface area is 188 Å². The van der Waals surface area contributed by atoms with Crippen molar-refractivity contribution < 1.29 is 22.7 Å². The summed E-state index contributed by atoms with van der Waals surface area (Å²) in [6.07, 6.45) is 0.536. The summed E-state index contributed by atoms with van der Waals surface area (Å²) in [5.74, 6) is 0.316. The number of nitrogens with two attached hydrogens (primary N) is 1. The van der Waals surface area contributed by atoms with E-state index >= 15 is 0 Å². The number of primary sulfonamides is 1. The molecule has 0 aliphatic carbocycles. The molecule has 0 bridgehead atoms. The van der Waals surface area contributed by atoms with Crippen LogP contribution in [0.4, 0.5) is 11.4 Å². The van der Waals surface area contributed by atoms with Gasteiger partial charge in [0.15, 0.2) is 0 Å². The fraction of sp³-hybridized carbons (Fsp3) is 0.364. The zero-order valence-corrected chi connectivity index (χ0v) is 19.2. The monoisotopic (exact) mass is 460 g/mol. The first-order valence-electron chi connectivity index (χ1n) is 10.3. The standard InChI is InChI=1S/C22H28N4O5S/c1-4-25(13-21(27)24-17-5-7-18(31-3)8-6-17)14-22(28)26-15(2)11-16-12-19(32(23,29)30)9-10-20(16)26/h5-10,12,15H,4,11,13-14H2,1-3H3,(H,24,27)(H2,23,29,30). The number of carbonyl (C=O) groups is 2. The van der Waals surface area contributed by atoms with Crippen LogP contribution >= 0.6 is 0 Å². The Kier molecular flexibility index (Phi) is 7.17. The van der Waals surface area contributed by atoms with Gasteiger partial charge in [-0.05, 0) is 67.9 Å². The third kappa shape index (κ3) is 5.45. The molecule has 32 heavy (non-hydrogen) atoms. The highest BCUT2D eigenvalue weighted by Gasteiger charge is 2.32. The minimum Gasteiger partial charge on any atom is -0.497 e. The summed E-state index contributed by atoms with van der Waals surface area (Å²) in [6.45, 7) is 4.43. The van der Waals surface area contributed by atoms with Gasteiger partial charge in [-0.25, -0.2) is 13.6 Å². The number of nitrogens with one attached hydrogen (secondary N) is 1. The van der Waals surface area contributed by atoms with E-state index in [1.807, 2.05) is 13.8 Å². The number of methoxy groups -OCH3 is 1. The van der Waals surface area contributed by atoms with Gasteiger partial charge in [0, 0.05) is 17.4 Å². The van der Waals surface area contributed by atoms with Gasteiger partial charge in [-0.3, -0.25) is 14.5 Å². The molecule has 2 aromatic carbocycles. The number of anilines is 2. The number of hydrogen-bond donors (Lipinski definition) is 2. The van der Waals surface area contributed by atoms with E-state index < -0.39 is 10.0 Å². The molecule has 10 heteroatoms. The predicted molar refractivity (Wildman–Crippen MR) is 122 cm³/mol. The number of fused-ring (bicyclic) bond motifs is 1. The maximum absolute atomic E-state index is 13.1. The molecule has 1 aliphatic heterocycles. The quantitative estimate of drug-likeness (QED) is 0.617. The van der Waals surface area contributed by atoms with Gasteiger partial charge in [0.2, 0.25) is 21.8 Å². The first-order chi connectivity index (χ1) is 15.1. The van der Waals surface area contributed by atoms with Crippen LogP contribution in [-0.4, -0.2) is 57.9 Å². The number of benzene rings is 2. The third-order valence-corrected chi connectivity index (χ3v) is 6.32. The van der Waals surface area contributed by atoms with Crippen molar-refractivity contribution in [2.45, 2.75) is 31.2 Å². The van der Waals surface area contributed by atoms with Gasteiger partial charge in [-0.15, -0.1) is 0 Å². The van der Waals surface area contributed by atoms with Gasteiger partial charge in [0.1, 0.15) is 5.75 Å². The van der Waals surface area contributed by atoms with Crippen molar-refractivity contribution in [1.29, 1.82) is 0 Å². The molecule has 3 N–H and O–H groups in total. The summed E-state index contributed by atoms with van der Waals surface area (Å²) in [4.78, 5) is 29.0. The molecule has 0 spiro atoms. The fourth-order valence-electron chi connectivity index (χ4n) is 3.79. The lowest BCUT2D eigenvalue weighted by atomic mass is 10.1. The highest BCUT2D eigenvalue weighted by atomic mass is 32.2. The second-order valence-electron chi connectivity index (χ2n) is 7.73. The van der Waals surface area contributed by atoms with Gasteiger partial charge in [0.05, 0.1) is 25.1 Å². The number of hydrogen-bond acceptors (Lipinski definition) is 6. The number of amides is 2. The van der Waals surface area contributed by atoms with Crippen LogP contribution < -0.4 is 20.1 Å². The van der Waals surface area contributed by atoms with Gasteiger partial charge in [-0.1, -0.05) is 6.92 Å². The number of ether oxygens (including phenoxy) is 1. The molecule has 0 saturated heterocycles. The molecule has 1 heterocycles. The molecule has 1 unspecified atom stereocenters. The van der Waals surface area contributed by atoms with Crippen LogP contribution in [0.15, 0.2) is 47.4 Å². The molecule has 1 atom stereocenters. The molecule has 0 aromatic heterocycles. The minimum absolute atomic E-state index is 0.0307. The molecule has 3 rings (SSSR count). The Hall–Kier alpha value is -2.95. The van der Waals surface area contributed by atoms with E-state index in [1.54, 1.807) is 47.2 Å². The van der Waals surface area contributed by atoms with Crippen LogP contribution in [0.5, 0.6) is 5.75 Å². The zero-order chi connectivity index (χ0) is 23.5. The molecule has 0 radical (unpaired) electrons. The first kappa shape index (κ1) is 23.7. The third-order valence-electron chi connectivity index (χ3n) is 5.41. The van der Waals surface area contributed by atoms with Crippen molar-refractivity contribution in [3.63, 3.8) is 0 Å². The van der Waals surface area contributed by atoms with E-state index in [-0.39, 0.29) is 35.8 Å². The van der Waals surface area contributed by atoms with E-state index in [2.05, 4.69) is 5.32 Å². The highest BCUT2D eigenvalue weighted by molar-refractivity contribution is 7.89. The summed E-state index contributed by atoms with van der Waals surface area (Å²) < 4.78 is 28.4. The summed E-state index contributed by atoms with van der Waals surface area (Å²) in [5, 5.41) is 8.04. The van der Waals surface area contributed by atoms with Crippen molar-refractivity contribution in [3.05, 3.63) is 48.0 Å². The maximum atomic E-state index is 13.1. The van der Waals surface area contributed by atoms with Gasteiger partial charge in [-0.2, -0.15) is 0 Å². The van der Waals surface area contributed by atoms with Crippen LogP contribution in [0.2, 0.25) is 0 Å². The molecular weight excluding hydrogens is 432 g/mol. The zero-order valence-electron chi connectivity index (χ0n) is 18.4. The summed E-state index contributed by atoms with van der Waals surface area (Å²) >= 11 is 0. The number of nitrogens with zero attached hydrogens (tertiary/aromatic N) is 2. The molecule has 9 nitrogen and oxygen atoms in total. The molecule has 2 aromatic rings. The SMILES string of the molecule is CCN(CC(=O)Nc1ccc(OC)cc1)CC(=O)N1c2ccc(S(N)(=O)=O)cc2CC1C. The average molecular weight is 461 g/mol. The molecular formula is C22H28N4O5S. The van der Waals surface area contributed by atoms with Gasteiger partial charge >= 0.3 is 0 Å². The molecule has 172 valence electrons. The second-order valence-corrected chi connectivity index (χ2v) is 9.29. The van der Waals surface area contributed by atoms with E-state index in [4.69, 9.17) is 9.88 Å². The van der Waals surface area contributed by atoms with Gasteiger partial charge in [0.25, 0.3) is 0 Å². The van der Waals surface area contributed by atoms with Crippen LogP contribution in [0.1, 0.15) is 19.4 Å². The van der Waals surface area contributed by atoms with E-state index in [1.165, 1.54) is 12.1 Å². The lowest BCUT2D eigenvalue weighted by molar-refractivity contribution is -0.121. The van der Waals surface area contributed by atoms with Crippen LogP contribution in [0, 0.1) is 0 Å². The fourth-order valence-corrected chi connectivity index (χ4v) is 4.35. The van der Waals surface area contributed by atoms with Crippen molar-refractivity contribution in [3.8, 4) is 5.75 Å². The van der Waals surface area contributed by atoms with Gasteiger partial charge < -0.3 is 15.0 Å². The number of sulfonamides is 1. The van der Waals surface area contributed by atoms with Crippen molar-refractivity contribution >= 4 is 33.2 Å². The predicted octanol–water partition coefficient (Wildman–Crippen LogP) is 1.58. The molecule has 1 aliphatic rings. The summed E-state index contributed by atoms with van der Waals surface area (Å²) in [7, 11) is -2.24. The number of rotatable bonds is 8. The number of carbonyl (C=O) groups excluding carboxylic acids is 2. The Bertz CT molecular complexity index is 1100. The van der Waals surface area contributed by atoms with Crippen molar-refractivity contribution in [2.24, 2.45) is 5.14 Å². The topological polar surface area (TPSA) is 122 Å². The average Bonchev–Trinajstić information content (AvgIpc) is 3.08. The summed E-state index contributed by atoms with van der Waals surface area (Å²) in [5.41, 5.74) is 2.08. The highest BCUT2D eigenvalue weighted by Crippen LogP contribution is 2.33. The Morgan fingerprint density at radius 2 is 1.88 bits per heavy atom. The molecule has 0 saturated carbocycles. The second kappa shape index (κ2) is 9.68. The normalized spacial score (nSPS) is 15.5. The lowest BCUT2D eigenvalue weighted by Gasteiger charge is -2.27. The smallest absolute Gasteiger partial charge is 0.241 e. The van der Waals surface area contributed by atoms with Crippen LogP contribution in [-0.2, 0) is 26.0 Å². The molecule has 0 fully saturated rings. The largest absolute Gasteiger partial charge is 0.497 e. The van der Waals surface area contributed by atoms with Crippen LogP contribution in [0.25, 0.3) is 0 Å². The maximum Gasteiger partial charge on any atom is 0.241 e.